The van der Waals surface area contributed by atoms with Crippen molar-refractivity contribution in [2.75, 3.05) is 26.7 Å². The summed E-state index contributed by atoms with van der Waals surface area (Å²) in [6.45, 7) is 4.64. The van der Waals surface area contributed by atoms with Crippen LogP contribution in [0.2, 0.25) is 0 Å². The van der Waals surface area contributed by atoms with E-state index in [2.05, 4.69) is 12.2 Å². The van der Waals surface area contributed by atoms with Gasteiger partial charge in [-0.15, -0.1) is 12.4 Å². The zero-order valence-corrected chi connectivity index (χ0v) is 12.2. The molecule has 2 rings (SSSR count). The van der Waals surface area contributed by atoms with Gasteiger partial charge in [0.1, 0.15) is 5.75 Å². The van der Waals surface area contributed by atoms with Crippen LogP contribution in [0.4, 0.5) is 0 Å². The van der Waals surface area contributed by atoms with Gasteiger partial charge in [-0.25, -0.2) is 0 Å². The van der Waals surface area contributed by atoms with E-state index in [1.807, 2.05) is 29.2 Å². The fourth-order valence-corrected chi connectivity index (χ4v) is 2.27. The van der Waals surface area contributed by atoms with Gasteiger partial charge in [-0.05, 0) is 24.6 Å². The van der Waals surface area contributed by atoms with Crippen LogP contribution in [0.5, 0.6) is 5.75 Å². The first-order valence-corrected chi connectivity index (χ1v) is 6.34. The Kier molecular flexibility index (Phi) is 6.12. The number of piperazine rings is 1. The highest BCUT2D eigenvalue weighted by atomic mass is 35.5. The monoisotopic (exact) mass is 284 g/mol. The molecule has 0 radical (unpaired) electrons. The van der Waals surface area contributed by atoms with Gasteiger partial charge in [0, 0.05) is 25.7 Å². The Morgan fingerprint density at radius 3 is 3.00 bits per heavy atom. The average molecular weight is 285 g/mol. The van der Waals surface area contributed by atoms with Gasteiger partial charge in [0.25, 0.3) is 0 Å². The lowest BCUT2D eigenvalue weighted by Gasteiger charge is -2.34. The van der Waals surface area contributed by atoms with Crippen molar-refractivity contribution >= 4 is 18.3 Å². The van der Waals surface area contributed by atoms with Crippen molar-refractivity contribution in [2.45, 2.75) is 19.4 Å². The third-order valence-electron chi connectivity index (χ3n) is 3.31. The molecule has 0 unspecified atom stereocenters. The number of halogens is 1. The molecular formula is C14H21ClN2O2. The number of nitrogens with zero attached hydrogens (tertiary/aromatic N) is 1. The van der Waals surface area contributed by atoms with Crippen molar-refractivity contribution in [3.8, 4) is 5.75 Å². The molecule has 5 heteroatoms. The van der Waals surface area contributed by atoms with Crippen LogP contribution in [-0.2, 0) is 11.2 Å². The van der Waals surface area contributed by atoms with Crippen LogP contribution in [0.25, 0.3) is 0 Å². The normalized spacial score (nSPS) is 18.6. The molecule has 0 aromatic heterocycles. The van der Waals surface area contributed by atoms with Gasteiger partial charge in [0.05, 0.1) is 13.5 Å². The molecule has 1 amide bonds. The molecule has 1 aliphatic rings. The van der Waals surface area contributed by atoms with Crippen LogP contribution in [0.3, 0.4) is 0 Å². The molecule has 1 N–H and O–H groups in total. The zero-order chi connectivity index (χ0) is 13.0. The number of amides is 1. The van der Waals surface area contributed by atoms with Crippen LogP contribution in [-0.4, -0.2) is 43.6 Å². The van der Waals surface area contributed by atoms with Crippen molar-refractivity contribution in [3.05, 3.63) is 29.8 Å². The second kappa shape index (κ2) is 7.36. The Morgan fingerprint density at radius 2 is 2.32 bits per heavy atom. The number of hydrogen-bond acceptors (Lipinski definition) is 3. The number of carbonyl (C=O) groups is 1. The summed E-state index contributed by atoms with van der Waals surface area (Å²) in [5.74, 6) is 0.992. The van der Waals surface area contributed by atoms with Gasteiger partial charge in [0.2, 0.25) is 5.91 Å². The maximum absolute atomic E-state index is 12.2. The molecule has 19 heavy (non-hydrogen) atoms. The zero-order valence-electron chi connectivity index (χ0n) is 11.4. The summed E-state index contributed by atoms with van der Waals surface area (Å²) in [7, 11) is 1.64. The molecule has 1 aromatic carbocycles. The highest BCUT2D eigenvalue weighted by molar-refractivity contribution is 5.85. The predicted octanol–water partition coefficient (Wildman–Crippen LogP) is 1.48. The molecule has 0 aliphatic carbocycles. The van der Waals surface area contributed by atoms with E-state index in [0.29, 0.717) is 6.42 Å². The minimum absolute atomic E-state index is 0. The fourth-order valence-electron chi connectivity index (χ4n) is 2.27. The highest BCUT2D eigenvalue weighted by Crippen LogP contribution is 2.14. The summed E-state index contributed by atoms with van der Waals surface area (Å²) in [6, 6.07) is 7.97. The summed E-state index contributed by atoms with van der Waals surface area (Å²) in [5.41, 5.74) is 1.00. The summed E-state index contributed by atoms with van der Waals surface area (Å²) >= 11 is 0. The molecule has 1 saturated heterocycles. The quantitative estimate of drug-likeness (QED) is 0.914. The maximum Gasteiger partial charge on any atom is 0.227 e. The SMILES string of the molecule is COc1cccc(CC(=O)N2CCNC[C@@H]2C)c1.Cl. The number of nitrogens with one attached hydrogen (secondary N) is 1. The molecule has 0 spiro atoms. The van der Waals surface area contributed by atoms with Crippen LogP contribution < -0.4 is 10.1 Å². The predicted molar refractivity (Wildman–Crippen MR) is 78.0 cm³/mol. The lowest BCUT2D eigenvalue weighted by atomic mass is 10.1. The molecule has 1 fully saturated rings. The first kappa shape index (κ1) is 15.8. The largest absolute Gasteiger partial charge is 0.497 e. The number of methoxy groups -OCH3 is 1. The Balaban J connectivity index is 0.00000180. The van der Waals surface area contributed by atoms with Gasteiger partial charge in [0.15, 0.2) is 0 Å². The van der Waals surface area contributed by atoms with Crippen molar-refractivity contribution in [1.29, 1.82) is 0 Å². The van der Waals surface area contributed by atoms with E-state index in [9.17, 15) is 4.79 Å². The van der Waals surface area contributed by atoms with E-state index in [0.717, 1.165) is 30.9 Å². The molecule has 1 aliphatic heterocycles. The van der Waals surface area contributed by atoms with Gasteiger partial charge in [-0.2, -0.15) is 0 Å². The summed E-state index contributed by atoms with van der Waals surface area (Å²) < 4.78 is 5.17. The topological polar surface area (TPSA) is 41.6 Å². The molecule has 1 atom stereocenters. The second-order valence-electron chi connectivity index (χ2n) is 4.67. The minimum atomic E-state index is 0. The number of ether oxygens (including phenoxy) is 1. The number of hydrogen-bond donors (Lipinski definition) is 1. The first-order chi connectivity index (χ1) is 8.70. The van der Waals surface area contributed by atoms with Gasteiger partial charge < -0.3 is 15.0 Å². The Labute approximate surface area is 120 Å². The van der Waals surface area contributed by atoms with E-state index in [-0.39, 0.29) is 24.4 Å². The van der Waals surface area contributed by atoms with Gasteiger partial charge >= 0.3 is 0 Å². The van der Waals surface area contributed by atoms with Crippen LogP contribution in [0, 0.1) is 0 Å². The van der Waals surface area contributed by atoms with Crippen LogP contribution in [0.1, 0.15) is 12.5 Å². The van der Waals surface area contributed by atoms with E-state index in [4.69, 9.17) is 4.74 Å². The third kappa shape index (κ3) is 4.11. The van der Waals surface area contributed by atoms with E-state index < -0.39 is 0 Å². The standard InChI is InChI=1S/C14H20N2O2.ClH/c1-11-10-15-6-7-16(11)14(17)9-12-4-3-5-13(8-12)18-2;/h3-5,8,11,15H,6-7,9-10H2,1-2H3;1H/t11-;/m0./s1. The van der Waals surface area contributed by atoms with E-state index in [1.165, 1.54) is 0 Å². The molecule has 1 heterocycles. The highest BCUT2D eigenvalue weighted by Gasteiger charge is 2.22. The number of rotatable bonds is 3. The number of carbonyl (C=O) groups excluding carboxylic acids is 1. The van der Waals surface area contributed by atoms with E-state index in [1.54, 1.807) is 7.11 Å². The van der Waals surface area contributed by atoms with E-state index >= 15 is 0 Å². The van der Waals surface area contributed by atoms with Gasteiger partial charge in [-0.3, -0.25) is 4.79 Å². The van der Waals surface area contributed by atoms with Crippen LogP contribution in [0.15, 0.2) is 24.3 Å². The van der Waals surface area contributed by atoms with Crippen LogP contribution >= 0.6 is 12.4 Å². The van der Waals surface area contributed by atoms with Gasteiger partial charge in [-0.1, -0.05) is 12.1 Å². The van der Waals surface area contributed by atoms with Crippen molar-refractivity contribution in [2.24, 2.45) is 0 Å². The lowest BCUT2D eigenvalue weighted by molar-refractivity contribution is -0.133. The average Bonchev–Trinajstić information content (AvgIpc) is 2.39. The molecule has 0 bridgehead atoms. The Hall–Kier alpha value is -1.26. The van der Waals surface area contributed by atoms with Crippen molar-refractivity contribution in [3.63, 3.8) is 0 Å². The molecule has 0 saturated carbocycles. The third-order valence-corrected chi connectivity index (χ3v) is 3.31. The molecule has 106 valence electrons. The number of benzene rings is 1. The lowest BCUT2D eigenvalue weighted by Crippen LogP contribution is -2.52. The molecule has 4 nitrogen and oxygen atoms in total. The Bertz CT molecular complexity index is 426. The molecular weight excluding hydrogens is 264 g/mol. The smallest absolute Gasteiger partial charge is 0.227 e. The minimum Gasteiger partial charge on any atom is -0.497 e. The fraction of sp³-hybridized carbons (Fsp3) is 0.500. The summed E-state index contributed by atoms with van der Waals surface area (Å²) in [6.07, 6.45) is 0.446. The summed E-state index contributed by atoms with van der Waals surface area (Å²) in [4.78, 5) is 14.2. The van der Waals surface area contributed by atoms with Crippen molar-refractivity contribution < 1.29 is 9.53 Å². The maximum atomic E-state index is 12.2. The first-order valence-electron chi connectivity index (χ1n) is 6.34. The Morgan fingerprint density at radius 1 is 1.53 bits per heavy atom. The molecule has 1 aromatic rings. The summed E-state index contributed by atoms with van der Waals surface area (Å²) in [5, 5.41) is 3.29. The van der Waals surface area contributed by atoms with Crippen molar-refractivity contribution in [1.82, 2.24) is 10.2 Å². The second-order valence-corrected chi connectivity index (χ2v) is 4.67.